The van der Waals surface area contributed by atoms with E-state index in [0.29, 0.717) is 55.2 Å². The summed E-state index contributed by atoms with van der Waals surface area (Å²) in [5.74, 6) is -2.88. The van der Waals surface area contributed by atoms with Crippen LogP contribution in [-0.4, -0.2) is 100 Å². The van der Waals surface area contributed by atoms with Crippen molar-refractivity contribution in [3.05, 3.63) is 106 Å². The van der Waals surface area contributed by atoms with Gasteiger partial charge in [-0.1, -0.05) is 26.0 Å². The third-order valence-corrected chi connectivity index (χ3v) is 11.7. The van der Waals surface area contributed by atoms with Crippen molar-refractivity contribution in [3.8, 4) is 17.2 Å². The van der Waals surface area contributed by atoms with Gasteiger partial charge in [-0.05, 0) is 109 Å². The summed E-state index contributed by atoms with van der Waals surface area (Å²) in [6.45, 7) is 11.7. The number of piperazine rings is 1. The molecule has 0 aliphatic carbocycles. The minimum absolute atomic E-state index is 0.0109. The fourth-order valence-corrected chi connectivity index (χ4v) is 8.27. The summed E-state index contributed by atoms with van der Waals surface area (Å²) in [5, 5.41) is 48.2. The number of imide groups is 1. The number of hydroxylamine groups is 2. The van der Waals surface area contributed by atoms with E-state index in [1.54, 1.807) is 53.3 Å². The van der Waals surface area contributed by atoms with Crippen molar-refractivity contribution in [2.45, 2.75) is 72.6 Å². The molecule has 3 heterocycles. The summed E-state index contributed by atoms with van der Waals surface area (Å²) < 4.78 is 5.87. The molecule has 0 spiro atoms. The summed E-state index contributed by atoms with van der Waals surface area (Å²) >= 11 is 0. The molecule has 0 saturated carbocycles. The van der Waals surface area contributed by atoms with Crippen LogP contribution in [0.4, 0.5) is 21.9 Å². The van der Waals surface area contributed by atoms with Crippen LogP contribution in [0, 0.1) is 24.7 Å². The average Bonchev–Trinajstić information content (AvgIpc) is 3.27. The van der Waals surface area contributed by atoms with Gasteiger partial charge in [0.05, 0.1) is 18.7 Å². The first-order valence-electron chi connectivity index (χ1n) is 21.4. The van der Waals surface area contributed by atoms with Gasteiger partial charge in [-0.2, -0.15) is 5.06 Å². The fraction of sp³-hybridized carbons (Fsp3) is 0.340. The number of rotatable bonds is 9. The van der Waals surface area contributed by atoms with Crippen LogP contribution >= 0.6 is 0 Å². The number of carbonyl (C=O) groups is 5. The Morgan fingerprint density at radius 2 is 1.65 bits per heavy atom. The molecular formula is C47H53N9O9. The van der Waals surface area contributed by atoms with E-state index in [9.17, 15) is 34.2 Å². The summed E-state index contributed by atoms with van der Waals surface area (Å²) in [6, 6.07) is 17.5. The molecule has 2 saturated heterocycles. The van der Waals surface area contributed by atoms with Crippen LogP contribution in [0.2, 0.25) is 0 Å². The van der Waals surface area contributed by atoms with Crippen molar-refractivity contribution in [3.63, 3.8) is 0 Å². The van der Waals surface area contributed by atoms with Gasteiger partial charge < -0.3 is 30.1 Å². The first-order chi connectivity index (χ1) is 31.0. The molecule has 4 aromatic carbocycles. The Morgan fingerprint density at radius 1 is 0.954 bits per heavy atom. The minimum Gasteiger partial charge on any atom is -0.508 e. The molecule has 1 atom stereocenters. The van der Waals surface area contributed by atoms with Gasteiger partial charge >= 0.3 is 6.09 Å². The first-order valence-corrected chi connectivity index (χ1v) is 21.4. The maximum absolute atomic E-state index is 13.8. The number of benzene rings is 4. The highest BCUT2D eigenvalue weighted by Crippen LogP contribution is 2.35. The zero-order valence-electron chi connectivity index (χ0n) is 36.9. The molecule has 7 rings (SSSR count). The molecule has 5 amide bonds. The topological polar surface area (TPSA) is 241 Å². The molecule has 3 aliphatic rings. The van der Waals surface area contributed by atoms with E-state index in [0.717, 1.165) is 38.9 Å². The average molecular weight is 888 g/mol. The maximum atomic E-state index is 13.8. The first kappa shape index (κ1) is 45.7. The van der Waals surface area contributed by atoms with E-state index < -0.39 is 35.5 Å². The van der Waals surface area contributed by atoms with Crippen LogP contribution in [0.3, 0.4) is 0 Å². The molecule has 340 valence electrons. The second kappa shape index (κ2) is 19.2. The molecule has 1 unspecified atom stereocenters. The summed E-state index contributed by atoms with van der Waals surface area (Å²) in [6.07, 6.45) is -0.137. The van der Waals surface area contributed by atoms with Crippen molar-refractivity contribution in [2.24, 2.45) is 0 Å². The summed E-state index contributed by atoms with van der Waals surface area (Å²) in [5.41, 5.74) is 5.66. The van der Waals surface area contributed by atoms with Crippen LogP contribution in [0.1, 0.15) is 83.3 Å². The monoisotopic (exact) mass is 887 g/mol. The lowest BCUT2D eigenvalue weighted by Crippen LogP contribution is -2.52. The Hall–Kier alpha value is -7.31. The Kier molecular flexibility index (Phi) is 13.5. The number of fused-ring (bicyclic) bond motifs is 1. The van der Waals surface area contributed by atoms with E-state index in [-0.39, 0.29) is 66.7 Å². The van der Waals surface area contributed by atoms with E-state index in [1.807, 2.05) is 45.9 Å². The number of aryl methyl sites for hydroxylation is 2. The number of nitrogens with one attached hydrogen (secondary N) is 5. The summed E-state index contributed by atoms with van der Waals surface area (Å²) in [7, 11) is 0. The highest BCUT2D eigenvalue weighted by atomic mass is 16.7. The fourth-order valence-electron chi connectivity index (χ4n) is 8.27. The van der Waals surface area contributed by atoms with Crippen LogP contribution in [-0.2, 0) is 32.4 Å². The Balaban J connectivity index is 0.983. The molecule has 18 nitrogen and oxygen atoms in total. The van der Waals surface area contributed by atoms with Crippen molar-refractivity contribution in [1.82, 2.24) is 20.6 Å². The van der Waals surface area contributed by atoms with E-state index in [4.69, 9.17) is 20.4 Å². The zero-order chi connectivity index (χ0) is 46.7. The van der Waals surface area contributed by atoms with Gasteiger partial charge in [-0.3, -0.25) is 50.4 Å². The van der Waals surface area contributed by atoms with Gasteiger partial charge in [0.25, 0.3) is 11.8 Å². The van der Waals surface area contributed by atoms with Gasteiger partial charge in [-0.15, -0.1) is 0 Å². The minimum atomic E-state index is -0.740. The lowest BCUT2D eigenvalue weighted by atomic mass is 9.98. The molecule has 0 aromatic heterocycles. The molecule has 2 fully saturated rings. The van der Waals surface area contributed by atoms with Gasteiger partial charge in [0.2, 0.25) is 11.8 Å². The molecule has 3 aliphatic heterocycles. The largest absolute Gasteiger partial charge is 0.508 e. The normalized spacial score (nSPS) is 16.4. The highest BCUT2D eigenvalue weighted by molar-refractivity contribution is 6.48. The van der Waals surface area contributed by atoms with Crippen LogP contribution in [0.5, 0.6) is 17.2 Å². The number of ether oxygens (including phenoxy) is 1. The molecule has 0 bridgehead atoms. The van der Waals surface area contributed by atoms with E-state index >= 15 is 0 Å². The number of likely N-dealkylation sites (N-methyl/N-ethyl adjacent to an activating group) is 1. The zero-order valence-corrected chi connectivity index (χ0v) is 36.9. The Labute approximate surface area is 376 Å². The van der Waals surface area contributed by atoms with Crippen molar-refractivity contribution in [1.29, 1.82) is 10.8 Å². The van der Waals surface area contributed by atoms with Gasteiger partial charge in [-0.25, -0.2) is 4.79 Å². The number of amidine groups is 2. The lowest BCUT2D eigenvalue weighted by Gasteiger charge is -2.36. The maximum Gasteiger partial charge on any atom is 0.417 e. The Morgan fingerprint density at radius 3 is 2.29 bits per heavy atom. The second-order valence-corrected chi connectivity index (χ2v) is 16.5. The van der Waals surface area contributed by atoms with Crippen LogP contribution in [0.25, 0.3) is 0 Å². The van der Waals surface area contributed by atoms with Gasteiger partial charge in [0.15, 0.2) is 5.84 Å². The Bertz CT molecular complexity index is 2550. The summed E-state index contributed by atoms with van der Waals surface area (Å²) in [4.78, 5) is 75.0. The number of hydrogen-bond donors (Lipinski definition) is 7. The SMILES string of the molecule is CCNC(=O)C(=N)N(C(=N)c1cc(C(C)C)c(O)cc1O)c1ccc(C(=O)N2CCN(c3cc(C)c(OC(=O)Nc4cccc5c4CN(C4CCC(=O)NC4=O)OC5)c(C)c3)CC2)cc1. The number of hydrogen-bond acceptors (Lipinski definition) is 13. The number of anilines is 3. The number of piperidine rings is 1. The molecule has 65 heavy (non-hydrogen) atoms. The highest BCUT2D eigenvalue weighted by Gasteiger charge is 2.36. The van der Waals surface area contributed by atoms with Gasteiger partial charge in [0, 0.05) is 67.8 Å². The van der Waals surface area contributed by atoms with Crippen LogP contribution < -0.4 is 30.5 Å². The standard InChI is InChI=1S/C47H53N9O9/c1-6-50-45(61)43(49)56(42(48)34-22-33(26(2)3)38(57)23-39(34)58)31-12-10-29(11-13-31)46(62)54-18-16-53(17-19-54)32-20-27(4)41(28(5)21-32)65-47(63)51-36-9-7-8-30-25-64-55(24-35(30)36)37-14-15-40(59)52-44(37)60/h7-13,20-23,26,37,48-49,57-58H,6,14-19,24-25H2,1-5H3,(H,50,61)(H,51,63)(H,52,59,60). The van der Waals surface area contributed by atoms with E-state index in [1.165, 1.54) is 6.07 Å². The molecular weight excluding hydrogens is 835 g/mol. The number of nitrogens with zero attached hydrogens (tertiary/aromatic N) is 4. The molecule has 7 N–H and O–H groups in total. The third-order valence-electron chi connectivity index (χ3n) is 11.7. The number of aromatic hydroxyl groups is 2. The van der Waals surface area contributed by atoms with Crippen molar-refractivity contribution < 1.29 is 43.8 Å². The van der Waals surface area contributed by atoms with Crippen molar-refractivity contribution >= 4 is 58.5 Å². The predicted molar refractivity (Wildman–Crippen MR) is 243 cm³/mol. The lowest BCUT2D eigenvalue weighted by molar-refractivity contribution is -0.215. The van der Waals surface area contributed by atoms with Crippen LogP contribution in [0.15, 0.2) is 66.7 Å². The smallest absolute Gasteiger partial charge is 0.417 e. The number of phenolic OH excluding ortho intramolecular Hbond substituents is 2. The number of amides is 5. The second-order valence-electron chi connectivity index (χ2n) is 16.5. The number of carbonyl (C=O) groups excluding carboxylic acids is 5. The quantitative estimate of drug-likeness (QED) is 0.0635. The number of phenols is 2. The van der Waals surface area contributed by atoms with E-state index in [2.05, 4.69) is 20.9 Å². The van der Waals surface area contributed by atoms with Crippen molar-refractivity contribution in [2.75, 3.05) is 47.8 Å². The molecule has 4 aromatic rings. The third kappa shape index (κ3) is 9.78. The molecule has 18 heteroatoms. The van der Waals surface area contributed by atoms with Gasteiger partial charge in [0.1, 0.15) is 29.1 Å². The molecule has 0 radical (unpaired) electrons. The predicted octanol–water partition coefficient (Wildman–Crippen LogP) is 5.41.